The molecule has 0 saturated carbocycles. The van der Waals surface area contributed by atoms with Gasteiger partial charge in [0.15, 0.2) is 5.78 Å². The fraction of sp³-hybridized carbons (Fsp3) is 0.364. The smallest absolute Gasteiger partial charge is 0.355 e. The van der Waals surface area contributed by atoms with Gasteiger partial charge in [0.05, 0.1) is 23.7 Å². The van der Waals surface area contributed by atoms with E-state index in [9.17, 15) is 14.0 Å². The first-order valence-electron chi connectivity index (χ1n) is 9.28. The monoisotopic (exact) mass is 384 g/mol. The maximum Gasteiger partial charge on any atom is 0.355 e. The SMILES string of the molecule is CC(C)OC(=O)c1cc2c(ccn2-c2ccc(F)cc2)n1CC(=O)C(C)(C)C. The molecule has 0 saturated heterocycles. The standard InChI is InChI=1S/C22H25FN2O3/c1-14(2)28-21(27)19-12-18-17(25(19)13-20(26)22(3,4)5)10-11-24(18)16-8-6-15(23)7-9-16/h6-12,14H,13H2,1-5H3. The third-order valence-corrected chi connectivity index (χ3v) is 4.55. The van der Waals surface area contributed by atoms with Crippen molar-refractivity contribution >= 4 is 22.8 Å². The molecule has 0 atom stereocenters. The molecule has 0 radical (unpaired) electrons. The summed E-state index contributed by atoms with van der Waals surface area (Å²) in [5.41, 5.74) is 2.06. The maximum atomic E-state index is 13.3. The first kappa shape index (κ1) is 19.9. The first-order valence-corrected chi connectivity index (χ1v) is 9.28. The zero-order valence-electron chi connectivity index (χ0n) is 16.8. The lowest BCUT2D eigenvalue weighted by Crippen LogP contribution is -2.27. The van der Waals surface area contributed by atoms with E-state index in [-0.39, 0.29) is 24.2 Å². The minimum absolute atomic E-state index is 0.0122. The second kappa shape index (κ2) is 7.26. The van der Waals surface area contributed by atoms with Gasteiger partial charge in [0.1, 0.15) is 11.5 Å². The van der Waals surface area contributed by atoms with Crippen LogP contribution in [0.15, 0.2) is 42.6 Å². The molecule has 5 nitrogen and oxygen atoms in total. The molecule has 2 heterocycles. The topological polar surface area (TPSA) is 53.2 Å². The summed E-state index contributed by atoms with van der Waals surface area (Å²) in [5.74, 6) is -0.779. The molecular formula is C22H25FN2O3. The number of carbonyl (C=O) groups excluding carboxylic acids is 2. The van der Waals surface area contributed by atoms with Crippen molar-refractivity contribution in [1.29, 1.82) is 0 Å². The number of carbonyl (C=O) groups is 2. The van der Waals surface area contributed by atoms with Gasteiger partial charge in [0.2, 0.25) is 0 Å². The molecule has 1 aromatic carbocycles. The van der Waals surface area contributed by atoms with E-state index in [2.05, 4.69) is 0 Å². The molecule has 0 aliphatic rings. The minimum atomic E-state index is -0.532. The first-order chi connectivity index (χ1) is 13.1. The van der Waals surface area contributed by atoms with Gasteiger partial charge in [-0.1, -0.05) is 20.8 Å². The summed E-state index contributed by atoms with van der Waals surface area (Å²) in [6.07, 6.45) is 1.57. The van der Waals surface area contributed by atoms with E-state index in [1.165, 1.54) is 12.1 Å². The fourth-order valence-corrected chi connectivity index (χ4v) is 2.96. The average Bonchev–Trinajstić information content (AvgIpc) is 3.14. The number of Topliss-reactive ketones (excluding diaryl/α,β-unsaturated/α-hetero) is 1. The number of halogens is 1. The number of rotatable bonds is 5. The van der Waals surface area contributed by atoms with E-state index in [1.807, 2.05) is 37.6 Å². The second-order valence-electron chi connectivity index (χ2n) is 8.18. The summed E-state index contributed by atoms with van der Waals surface area (Å²) in [4.78, 5) is 25.3. The highest BCUT2D eigenvalue weighted by molar-refractivity contribution is 5.97. The van der Waals surface area contributed by atoms with E-state index in [0.29, 0.717) is 5.69 Å². The third kappa shape index (κ3) is 3.86. The van der Waals surface area contributed by atoms with Crippen molar-refractivity contribution in [3.05, 3.63) is 54.1 Å². The Kier molecular flexibility index (Phi) is 5.15. The summed E-state index contributed by atoms with van der Waals surface area (Å²) < 4.78 is 22.2. The number of fused-ring (bicyclic) bond motifs is 1. The largest absolute Gasteiger partial charge is 0.458 e. The molecule has 0 aliphatic heterocycles. The van der Waals surface area contributed by atoms with Crippen molar-refractivity contribution in [3.63, 3.8) is 0 Å². The molecule has 28 heavy (non-hydrogen) atoms. The summed E-state index contributed by atoms with van der Waals surface area (Å²) in [7, 11) is 0. The minimum Gasteiger partial charge on any atom is -0.458 e. The number of hydrogen-bond acceptors (Lipinski definition) is 3. The van der Waals surface area contributed by atoms with Crippen LogP contribution in [0.25, 0.3) is 16.7 Å². The van der Waals surface area contributed by atoms with E-state index in [1.54, 1.807) is 36.6 Å². The quantitative estimate of drug-likeness (QED) is 0.597. The Morgan fingerprint density at radius 2 is 1.71 bits per heavy atom. The van der Waals surface area contributed by atoms with Crippen LogP contribution in [0.3, 0.4) is 0 Å². The summed E-state index contributed by atoms with van der Waals surface area (Å²) in [6, 6.07) is 9.67. The van der Waals surface area contributed by atoms with Crippen molar-refractivity contribution in [2.24, 2.45) is 5.41 Å². The molecule has 3 aromatic rings. The van der Waals surface area contributed by atoms with Gasteiger partial charge >= 0.3 is 5.97 Å². The molecule has 148 valence electrons. The van der Waals surface area contributed by atoms with Gasteiger partial charge < -0.3 is 13.9 Å². The van der Waals surface area contributed by atoms with Crippen LogP contribution in [0.2, 0.25) is 0 Å². The predicted octanol–water partition coefficient (Wildman–Crippen LogP) is 4.75. The molecule has 0 spiro atoms. The number of ketones is 1. The van der Waals surface area contributed by atoms with Crippen molar-refractivity contribution in [2.75, 3.05) is 0 Å². The molecule has 0 N–H and O–H groups in total. The van der Waals surface area contributed by atoms with Gasteiger partial charge in [-0.05, 0) is 50.2 Å². The van der Waals surface area contributed by atoms with Crippen LogP contribution >= 0.6 is 0 Å². The summed E-state index contributed by atoms with van der Waals surface area (Å²) >= 11 is 0. The van der Waals surface area contributed by atoms with Crippen molar-refractivity contribution in [1.82, 2.24) is 9.13 Å². The third-order valence-electron chi connectivity index (χ3n) is 4.55. The molecule has 6 heteroatoms. The van der Waals surface area contributed by atoms with E-state index in [0.717, 1.165) is 16.7 Å². The zero-order valence-corrected chi connectivity index (χ0v) is 16.8. The summed E-state index contributed by atoms with van der Waals surface area (Å²) in [6.45, 7) is 9.19. The highest BCUT2D eigenvalue weighted by atomic mass is 19.1. The van der Waals surface area contributed by atoms with E-state index >= 15 is 0 Å². The van der Waals surface area contributed by atoms with Crippen molar-refractivity contribution in [2.45, 2.75) is 47.3 Å². The molecule has 0 bridgehead atoms. The highest BCUT2D eigenvalue weighted by Gasteiger charge is 2.26. The van der Waals surface area contributed by atoms with Crippen LogP contribution in [0, 0.1) is 11.2 Å². The van der Waals surface area contributed by atoms with Gasteiger partial charge in [0.25, 0.3) is 0 Å². The van der Waals surface area contributed by atoms with Gasteiger partial charge in [-0.25, -0.2) is 9.18 Å². The Balaban J connectivity index is 2.13. The summed E-state index contributed by atoms with van der Waals surface area (Å²) in [5, 5.41) is 0. The molecular weight excluding hydrogens is 359 g/mol. The van der Waals surface area contributed by atoms with Gasteiger partial charge in [-0.2, -0.15) is 0 Å². The van der Waals surface area contributed by atoms with Crippen LogP contribution < -0.4 is 0 Å². The second-order valence-corrected chi connectivity index (χ2v) is 8.18. The van der Waals surface area contributed by atoms with Crippen LogP contribution in [0.5, 0.6) is 0 Å². The Bertz CT molecular complexity index is 1020. The molecule has 2 aromatic heterocycles. The van der Waals surface area contributed by atoms with Crippen LogP contribution in [0.1, 0.15) is 45.1 Å². The Morgan fingerprint density at radius 3 is 2.29 bits per heavy atom. The lowest BCUT2D eigenvalue weighted by molar-refractivity contribution is -0.126. The van der Waals surface area contributed by atoms with Gasteiger partial charge in [-0.3, -0.25) is 4.79 Å². The number of nitrogens with zero attached hydrogens (tertiary/aromatic N) is 2. The molecule has 0 fully saturated rings. The fourth-order valence-electron chi connectivity index (χ4n) is 2.96. The van der Waals surface area contributed by atoms with Gasteiger partial charge in [-0.15, -0.1) is 0 Å². The Morgan fingerprint density at radius 1 is 1.07 bits per heavy atom. The van der Waals surface area contributed by atoms with E-state index in [4.69, 9.17) is 4.74 Å². The highest BCUT2D eigenvalue weighted by Crippen LogP contribution is 2.27. The zero-order chi connectivity index (χ0) is 20.6. The lowest BCUT2D eigenvalue weighted by atomic mass is 9.91. The predicted molar refractivity (Wildman–Crippen MR) is 106 cm³/mol. The number of hydrogen-bond donors (Lipinski definition) is 0. The Labute approximate surface area is 163 Å². The van der Waals surface area contributed by atoms with Crippen LogP contribution in [0.4, 0.5) is 4.39 Å². The molecule has 0 amide bonds. The van der Waals surface area contributed by atoms with Crippen LogP contribution in [-0.2, 0) is 16.1 Å². The number of aromatic nitrogens is 2. The normalized spacial score (nSPS) is 12.0. The molecule has 0 aliphatic carbocycles. The molecule has 3 rings (SSSR count). The average molecular weight is 384 g/mol. The van der Waals surface area contributed by atoms with E-state index < -0.39 is 11.4 Å². The van der Waals surface area contributed by atoms with Crippen molar-refractivity contribution in [3.8, 4) is 5.69 Å². The van der Waals surface area contributed by atoms with Crippen molar-refractivity contribution < 1.29 is 18.7 Å². The number of esters is 1. The molecule has 0 unspecified atom stereocenters. The lowest BCUT2D eigenvalue weighted by Gasteiger charge is -2.18. The van der Waals surface area contributed by atoms with Crippen LogP contribution in [-0.4, -0.2) is 27.0 Å². The number of ether oxygens (including phenoxy) is 1. The number of benzene rings is 1. The maximum absolute atomic E-state index is 13.3. The van der Waals surface area contributed by atoms with Gasteiger partial charge in [0, 0.05) is 17.3 Å². The Hall–Kier alpha value is -2.89.